The van der Waals surface area contributed by atoms with E-state index in [1.165, 1.54) is 12.8 Å². The van der Waals surface area contributed by atoms with Gasteiger partial charge in [0.2, 0.25) is 5.43 Å². The predicted octanol–water partition coefficient (Wildman–Crippen LogP) is 5.35. The maximum absolute atomic E-state index is 13.9. The van der Waals surface area contributed by atoms with E-state index >= 15 is 0 Å². The zero-order valence-corrected chi connectivity index (χ0v) is 22.3. The van der Waals surface area contributed by atoms with Crippen LogP contribution in [-0.2, 0) is 19.0 Å². The van der Waals surface area contributed by atoms with Crippen LogP contribution in [0.4, 0.5) is 0 Å². The lowest BCUT2D eigenvalue weighted by molar-refractivity contribution is 0.176. The highest BCUT2D eigenvalue weighted by atomic mass is 16.3. The smallest absolute Gasteiger partial charge is 0.200 e. The van der Waals surface area contributed by atoms with Crippen LogP contribution >= 0.6 is 0 Å². The van der Waals surface area contributed by atoms with Crippen molar-refractivity contribution >= 4 is 11.0 Å². The maximum atomic E-state index is 13.9. The lowest BCUT2D eigenvalue weighted by atomic mass is 9.58. The van der Waals surface area contributed by atoms with E-state index in [-0.39, 0.29) is 11.3 Å². The van der Waals surface area contributed by atoms with Crippen LogP contribution in [0.25, 0.3) is 22.1 Å². The van der Waals surface area contributed by atoms with E-state index in [1.807, 2.05) is 36.7 Å². The summed E-state index contributed by atoms with van der Waals surface area (Å²) < 4.78 is 8.01. The summed E-state index contributed by atoms with van der Waals surface area (Å²) in [6, 6.07) is 14.6. The Hall–Kier alpha value is -3.76. The summed E-state index contributed by atoms with van der Waals surface area (Å²) in [6.07, 6.45) is 7.17. The van der Waals surface area contributed by atoms with E-state index in [4.69, 9.17) is 4.42 Å². The monoisotopic (exact) mass is 507 g/mol. The van der Waals surface area contributed by atoms with Gasteiger partial charge in [0.1, 0.15) is 24.0 Å². The predicted molar refractivity (Wildman–Crippen MR) is 146 cm³/mol. The van der Waals surface area contributed by atoms with Crippen LogP contribution in [0.1, 0.15) is 55.1 Å². The lowest BCUT2D eigenvalue weighted by Gasteiger charge is -2.44. The first-order valence-electron chi connectivity index (χ1n) is 13.5. The number of nitrogens with zero attached hydrogens (tertiary/aromatic N) is 5. The number of aryl methyl sites for hydroxylation is 2. The number of piperidine rings is 1. The van der Waals surface area contributed by atoms with E-state index in [0.29, 0.717) is 35.3 Å². The highest BCUT2D eigenvalue weighted by Crippen LogP contribution is 2.51. The van der Waals surface area contributed by atoms with Crippen molar-refractivity contribution in [3.05, 3.63) is 81.7 Å². The molecule has 1 saturated heterocycles. The van der Waals surface area contributed by atoms with Gasteiger partial charge in [0.15, 0.2) is 0 Å². The number of benzene rings is 2. The van der Waals surface area contributed by atoms with Crippen LogP contribution in [0, 0.1) is 30.1 Å². The summed E-state index contributed by atoms with van der Waals surface area (Å²) in [4.78, 5) is 16.3. The molecule has 1 aliphatic heterocycles. The normalized spacial score (nSPS) is 23.7. The van der Waals surface area contributed by atoms with Crippen LogP contribution in [0.5, 0.6) is 0 Å². The van der Waals surface area contributed by atoms with Crippen LogP contribution in [0.2, 0.25) is 0 Å². The molecule has 0 bridgehead atoms. The molecule has 0 unspecified atom stereocenters. The fourth-order valence-corrected chi connectivity index (χ4v) is 6.59. The van der Waals surface area contributed by atoms with Gasteiger partial charge < -0.3 is 8.98 Å². The number of hydrogen-bond donors (Lipinski definition) is 0. The second-order valence-corrected chi connectivity index (χ2v) is 11.4. The number of hydrogen-bond acceptors (Lipinski definition) is 6. The van der Waals surface area contributed by atoms with Crippen LogP contribution in [0.3, 0.4) is 0 Å². The molecule has 194 valence electrons. The second kappa shape index (κ2) is 9.52. The molecule has 1 saturated carbocycles. The Bertz CT molecular complexity index is 1600. The second-order valence-electron chi connectivity index (χ2n) is 11.4. The van der Waals surface area contributed by atoms with Crippen LogP contribution in [-0.4, -0.2) is 32.8 Å². The molecule has 3 heterocycles. The molecule has 0 amide bonds. The average molecular weight is 508 g/mol. The maximum Gasteiger partial charge on any atom is 0.200 e. The van der Waals surface area contributed by atoms with Crippen molar-refractivity contribution in [2.24, 2.45) is 18.9 Å². The third-order valence-electron chi connectivity index (χ3n) is 8.50. The largest absolute Gasteiger partial charge is 0.463 e. The Kier molecular flexibility index (Phi) is 6.16. The molecule has 2 fully saturated rings. The Morgan fingerprint density at radius 1 is 1.24 bits per heavy atom. The SMILES string of the molecule is Cc1cc(CN2CCC[C@H](C)C2)cc2c(=O)c(-c3cccc(C4(c5nncn5C)CC(C#N)C4)c3)coc12. The molecular formula is C31H33N5O2. The molecule has 1 atom stereocenters. The third-order valence-corrected chi connectivity index (χ3v) is 8.50. The van der Waals surface area contributed by atoms with Gasteiger partial charge in [0.05, 0.1) is 22.4 Å². The van der Waals surface area contributed by atoms with Gasteiger partial charge in [-0.2, -0.15) is 5.26 Å². The first-order valence-corrected chi connectivity index (χ1v) is 13.5. The molecule has 0 radical (unpaired) electrons. The zero-order valence-electron chi connectivity index (χ0n) is 22.3. The summed E-state index contributed by atoms with van der Waals surface area (Å²) >= 11 is 0. The van der Waals surface area contributed by atoms with Crippen molar-refractivity contribution in [3.8, 4) is 17.2 Å². The number of nitriles is 1. The van der Waals surface area contributed by atoms with E-state index in [1.54, 1.807) is 12.6 Å². The molecule has 2 aromatic heterocycles. The van der Waals surface area contributed by atoms with Gasteiger partial charge >= 0.3 is 0 Å². The Morgan fingerprint density at radius 2 is 2.08 bits per heavy atom. The summed E-state index contributed by atoms with van der Waals surface area (Å²) in [5.41, 5.74) is 4.78. The van der Waals surface area contributed by atoms with Crippen molar-refractivity contribution in [1.29, 1.82) is 5.26 Å². The van der Waals surface area contributed by atoms with Gasteiger partial charge in [-0.05, 0) is 79.5 Å². The third kappa shape index (κ3) is 4.13. The van der Waals surface area contributed by atoms with Crippen molar-refractivity contribution in [2.75, 3.05) is 13.1 Å². The minimum Gasteiger partial charge on any atom is -0.463 e. The molecular weight excluding hydrogens is 474 g/mol. The zero-order chi connectivity index (χ0) is 26.4. The summed E-state index contributed by atoms with van der Waals surface area (Å²) in [5.74, 6) is 1.53. The molecule has 4 aromatic rings. The Labute approximate surface area is 222 Å². The summed E-state index contributed by atoms with van der Waals surface area (Å²) in [7, 11) is 1.93. The lowest BCUT2D eigenvalue weighted by Crippen LogP contribution is -2.43. The molecule has 0 N–H and O–H groups in total. The van der Waals surface area contributed by atoms with Crippen LogP contribution < -0.4 is 5.43 Å². The number of rotatable bonds is 5. The molecule has 7 heteroatoms. The molecule has 2 aliphatic rings. The van der Waals surface area contributed by atoms with Gasteiger partial charge in [0.25, 0.3) is 0 Å². The standard InChI is InChI=1S/C31H33N5O2/c1-20-6-5-9-36(16-20)17-22-10-21(2)29-26(11-22)28(37)27(18-38-29)24-7-4-8-25(12-24)31(13-23(14-31)15-32)30-34-33-19-35(30)3/h4,7-8,10-12,18-20,23H,5-6,9,13-14,16-17H2,1-3H3/t20-,23?,31?/m0/s1. The van der Waals surface area contributed by atoms with Gasteiger partial charge in [-0.25, -0.2) is 0 Å². The fourth-order valence-electron chi connectivity index (χ4n) is 6.59. The van der Waals surface area contributed by atoms with Crippen molar-refractivity contribution in [3.63, 3.8) is 0 Å². The minimum atomic E-state index is -0.395. The summed E-state index contributed by atoms with van der Waals surface area (Å²) in [5, 5.41) is 18.6. The number of aromatic nitrogens is 3. The fraction of sp³-hybridized carbons (Fsp3) is 0.419. The topological polar surface area (TPSA) is 88.0 Å². The van der Waals surface area contributed by atoms with Gasteiger partial charge in [-0.3, -0.25) is 9.69 Å². The van der Waals surface area contributed by atoms with Gasteiger partial charge in [0, 0.05) is 26.1 Å². The van der Waals surface area contributed by atoms with E-state index in [9.17, 15) is 10.1 Å². The molecule has 6 rings (SSSR count). The highest BCUT2D eigenvalue weighted by molar-refractivity contribution is 5.84. The van der Waals surface area contributed by atoms with E-state index in [2.05, 4.69) is 46.3 Å². The molecule has 1 aliphatic carbocycles. The first kappa shape index (κ1) is 24.6. The van der Waals surface area contributed by atoms with E-state index in [0.717, 1.165) is 47.7 Å². The van der Waals surface area contributed by atoms with Crippen LogP contribution in [0.15, 0.2) is 58.2 Å². The van der Waals surface area contributed by atoms with Gasteiger partial charge in [-0.15, -0.1) is 10.2 Å². The van der Waals surface area contributed by atoms with E-state index < -0.39 is 5.41 Å². The number of fused-ring (bicyclic) bond motifs is 1. The van der Waals surface area contributed by atoms with Gasteiger partial charge in [-0.1, -0.05) is 31.2 Å². The number of likely N-dealkylation sites (tertiary alicyclic amines) is 1. The summed E-state index contributed by atoms with van der Waals surface area (Å²) in [6.45, 7) is 7.37. The van der Waals surface area contributed by atoms with Crippen molar-refractivity contribution < 1.29 is 4.42 Å². The van der Waals surface area contributed by atoms with Crippen molar-refractivity contribution in [2.45, 2.75) is 51.5 Å². The quantitative estimate of drug-likeness (QED) is 0.362. The highest BCUT2D eigenvalue weighted by Gasteiger charge is 2.50. The molecule has 2 aromatic carbocycles. The Balaban J connectivity index is 1.39. The molecule has 0 spiro atoms. The minimum absolute atomic E-state index is 0.0171. The first-order chi connectivity index (χ1) is 18.4. The average Bonchev–Trinajstić information content (AvgIpc) is 3.31. The Morgan fingerprint density at radius 3 is 2.82 bits per heavy atom. The molecule has 38 heavy (non-hydrogen) atoms. The van der Waals surface area contributed by atoms with Crippen molar-refractivity contribution in [1.82, 2.24) is 19.7 Å². The molecule has 7 nitrogen and oxygen atoms in total.